The standard InChI is InChI=1S/C8H2N4S/c9-1-7(2-10)5-13-6-8(3-11)4-12/h5-6H. The zero-order valence-electron chi connectivity index (χ0n) is 6.35. The minimum absolute atomic E-state index is 0.0588. The van der Waals surface area contributed by atoms with Crippen molar-refractivity contribution in [1.82, 2.24) is 0 Å². The van der Waals surface area contributed by atoms with E-state index < -0.39 is 0 Å². The van der Waals surface area contributed by atoms with Crippen LogP contribution in [0.15, 0.2) is 22.0 Å². The van der Waals surface area contributed by atoms with Crippen LogP contribution in [0.5, 0.6) is 0 Å². The monoisotopic (exact) mass is 186 g/mol. The van der Waals surface area contributed by atoms with Crippen LogP contribution in [0.3, 0.4) is 0 Å². The number of thioether (sulfide) groups is 1. The van der Waals surface area contributed by atoms with Gasteiger partial charge in [0.05, 0.1) is 0 Å². The summed E-state index contributed by atoms with van der Waals surface area (Å²) in [5.41, 5.74) is -0.118. The van der Waals surface area contributed by atoms with Crippen LogP contribution in [-0.4, -0.2) is 0 Å². The average molecular weight is 186 g/mol. The average Bonchev–Trinajstić information content (AvgIpc) is 2.19. The van der Waals surface area contributed by atoms with E-state index in [9.17, 15) is 0 Å². The Balaban J connectivity index is 4.41. The van der Waals surface area contributed by atoms with Crippen LogP contribution in [-0.2, 0) is 0 Å². The van der Waals surface area contributed by atoms with Gasteiger partial charge in [0.1, 0.15) is 35.4 Å². The van der Waals surface area contributed by atoms with Crippen molar-refractivity contribution in [2.24, 2.45) is 0 Å². The quantitative estimate of drug-likeness (QED) is 0.610. The molecule has 0 aromatic heterocycles. The molecule has 0 radical (unpaired) electrons. The second kappa shape index (κ2) is 6.50. The molecule has 0 amide bonds. The first-order valence-corrected chi connectivity index (χ1v) is 3.89. The second-order valence-corrected chi connectivity index (χ2v) is 2.39. The van der Waals surface area contributed by atoms with Crippen LogP contribution in [0.25, 0.3) is 0 Å². The van der Waals surface area contributed by atoms with Gasteiger partial charge in [-0.3, -0.25) is 0 Å². The third-order valence-corrected chi connectivity index (χ3v) is 1.60. The lowest BCUT2D eigenvalue weighted by molar-refractivity contribution is 1.47. The lowest BCUT2D eigenvalue weighted by Crippen LogP contribution is -1.69. The van der Waals surface area contributed by atoms with E-state index in [-0.39, 0.29) is 11.1 Å². The molecule has 0 aliphatic rings. The van der Waals surface area contributed by atoms with Crippen molar-refractivity contribution >= 4 is 11.8 Å². The highest BCUT2D eigenvalue weighted by Gasteiger charge is 1.91. The van der Waals surface area contributed by atoms with E-state index in [1.54, 1.807) is 24.3 Å². The van der Waals surface area contributed by atoms with Gasteiger partial charge in [-0.2, -0.15) is 21.0 Å². The molecule has 0 spiro atoms. The molecule has 0 atom stereocenters. The van der Waals surface area contributed by atoms with Gasteiger partial charge in [0, 0.05) is 10.8 Å². The Morgan fingerprint density at radius 3 is 1.31 bits per heavy atom. The molecule has 0 aromatic carbocycles. The maximum absolute atomic E-state index is 8.30. The molecule has 0 saturated carbocycles. The Kier molecular flexibility index (Phi) is 5.39. The zero-order chi connectivity index (χ0) is 10.1. The molecule has 0 unspecified atom stereocenters. The Labute approximate surface area is 79.6 Å². The van der Waals surface area contributed by atoms with Gasteiger partial charge < -0.3 is 0 Å². The van der Waals surface area contributed by atoms with Crippen molar-refractivity contribution in [3.63, 3.8) is 0 Å². The predicted molar refractivity (Wildman–Crippen MR) is 46.2 cm³/mol. The highest BCUT2D eigenvalue weighted by molar-refractivity contribution is 8.05. The van der Waals surface area contributed by atoms with E-state index in [2.05, 4.69) is 0 Å². The Morgan fingerprint density at radius 2 is 1.08 bits per heavy atom. The Hall–Kier alpha value is -2.21. The molecule has 0 N–H and O–H groups in total. The third-order valence-electron chi connectivity index (χ3n) is 0.854. The molecule has 0 saturated heterocycles. The second-order valence-electron chi connectivity index (χ2n) is 1.65. The number of hydrogen-bond acceptors (Lipinski definition) is 5. The number of allylic oxidation sites excluding steroid dienone is 2. The summed E-state index contributed by atoms with van der Waals surface area (Å²) < 4.78 is 0. The summed E-state index contributed by atoms with van der Waals surface area (Å²) in [5.74, 6) is 0. The Bertz CT molecular complexity index is 333. The van der Waals surface area contributed by atoms with E-state index in [1.807, 2.05) is 0 Å². The van der Waals surface area contributed by atoms with E-state index in [0.29, 0.717) is 0 Å². The van der Waals surface area contributed by atoms with Gasteiger partial charge in [0.15, 0.2) is 0 Å². The van der Waals surface area contributed by atoms with Crippen LogP contribution >= 0.6 is 11.8 Å². The fourth-order valence-electron chi connectivity index (χ4n) is 0.326. The van der Waals surface area contributed by atoms with Crippen LogP contribution < -0.4 is 0 Å². The minimum Gasteiger partial charge on any atom is -0.192 e. The molecule has 0 bridgehead atoms. The zero-order valence-corrected chi connectivity index (χ0v) is 7.17. The largest absolute Gasteiger partial charge is 0.192 e. The molecule has 0 aliphatic heterocycles. The molecule has 0 fully saturated rings. The van der Waals surface area contributed by atoms with E-state index in [1.165, 1.54) is 10.8 Å². The van der Waals surface area contributed by atoms with Crippen molar-refractivity contribution in [2.45, 2.75) is 0 Å². The van der Waals surface area contributed by atoms with E-state index in [0.717, 1.165) is 11.8 Å². The highest BCUT2D eigenvalue weighted by atomic mass is 32.2. The number of hydrogen-bond donors (Lipinski definition) is 0. The maximum Gasteiger partial charge on any atom is 0.136 e. The van der Waals surface area contributed by atoms with Crippen LogP contribution in [0.1, 0.15) is 0 Å². The maximum atomic E-state index is 8.30. The normalized spacial score (nSPS) is 6.46. The predicted octanol–water partition coefficient (Wildman–Crippen LogP) is 1.58. The van der Waals surface area contributed by atoms with Gasteiger partial charge in [0.2, 0.25) is 0 Å². The fourth-order valence-corrected chi connectivity index (χ4v) is 0.877. The number of nitriles is 4. The van der Waals surface area contributed by atoms with Crippen molar-refractivity contribution in [3.8, 4) is 24.3 Å². The first kappa shape index (κ1) is 10.8. The first-order chi connectivity index (χ1) is 6.28. The highest BCUT2D eigenvalue weighted by Crippen LogP contribution is 2.10. The topological polar surface area (TPSA) is 95.2 Å². The molecule has 4 nitrogen and oxygen atoms in total. The molecule has 0 rings (SSSR count). The van der Waals surface area contributed by atoms with Gasteiger partial charge in [-0.1, -0.05) is 0 Å². The minimum atomic E-state index is -0.0588. The third kappa shape index (κ3) is 4.27. The van der Waals surface area contributed by atoms with Crippen molar-refractivity contribution in [2.75, 3.05) is 0 Å². The van der Waals surface area contributed by atoms with Crippen LogP contribution in [0.2, 0.25) is 0 Å². The molecule has 5 heteroatoms. The van der Waals surface area contributed by atoms with Crippen molar-refractivity contribution < 1.29 is 0 Å². The smallest absolute Gasteiger partial charge is 0.136 e. The van der Waals surface area contributed by atoms with Crippen molar-refractivity contribution in [1.29, 1.82) is 21.0 Å². The molecular weight excluding hydrogens is 184 g/mol. The SMILES string of the molecule is N#CC(C#N)=CSC=C(C#N)C#N. The van der Waals surface area contributed by atoms with Gasteiger partial charge in [-0.05, 0) is 0 Å². The number of nitrogens with zero attached hydrogens (tertiary/aromatic N) is 4. The molecule has 13 heavy (non-hydrogen) atoms. The summed E-state index contributed by atoms with van der Waals surface area (Å²) in [7, 11) is 0. The van der Waals surface area contributed by atoms with Gasteiger partial charge in [0.25, 0.3) is 0 Å². The molecule has 0 heterocycles. The van der Waals surface area contributed by atoms with E-state index >= 15 is 0 Å². The summed E-state index contributed by atoms with van der Waals surface area (Å²) in [6.07, 6.45) is 0. The van der Waals surface area contributed by atoms with Gasteiger partial charge in [-0.25, -0.2) is 0 Å². The molecule has 0 aromatic rings. The van der Waals surface area contributed by atoms with Gasteiger partial charge in [-0.15, -0.1) is 11.8 Å². The summed E-state index contributed by atoms with van der Waals surface area (Å²) in [6.45, 7) is 0. The summed E-state index contributed by atoms with van der Waals surface area (Å²) in [4.78, 5) is 0. The van der Waals surface area contributed by atoms with Crippen LogP contribution in [0.4, 0.5) is 0 Å². The summed E-state index contributed by atoms with van der Waals surface area (Å²) in [5, 5.41) is 35.7. The first-order valence-electron chi connectivity index (χ1n) is 2.94. The lowest BCUT2D eigenvalue weighted by atomic mass is 10.4. The summed E-state index contributed by atoms with van der Waals surface area (Å²) in [6, 6.07) is 6.58. The molecule has 60 valence electrons. The van der Waals surface area contributed by atoms with Crippen LogP contribution in [0, 0.1) is 45.3 Å². The lowest BCUT2D eigenvalue weighted by Gasteiger charge is -1.81. The Morgan fingerprint density at radius 1 is 0.769 bits per heavy atom. The molecular formula is C8H2N4S. The van der Waals surface area contributed by atoms with E-state index in [4.69, 9.17) is 21.0 Å². The number of rotatable bonds is 2. The summed E-state index contributed by atoms with van der Waals surface area (Å²) >= 11 is 0.954. The fraction of sp³-hybridized carbons (Fsp3) is 0. The van der Waals surface area contributed by atoms with Crippen molar-refractivity contribution in [3.05, 3.63) is 22.0 Å². The molecule has 0 aliphatic carbocycles. The van der Waals surface area contributed by atoms with Gasteiger partial charge >= 0.3 is 0 Å².